The number of hydrogen-bond acceptors (Lipinski definition) is 4. The Balaban J connectivity index is 1.52. The smallest absolute Gasteiger partial charge is 0.274 e. The maximum atomic E-state index is 13.5. The molecule has 2 aromatic rings. The molecule has 6 nitrogen and oxygen atoms in total. The molecule has 0 radical (unpaired) electrons. The summed E-state index contributed by atoms with van der Waals surface area (Å²) in [5.74, 6) is -3.24. The second-order valence-corrected chi connectivity index (χ2v) is 9.69. The first-order valence-corrected chi connectivity index (χ1v) is 11.5. The van der Waals surface area contributed by atoms with Crippen LogP contribution in [-0.2, 0) is 9.59 Å². The Morgan fingerprint density at radius 1 is 0.879 bits per heavy atom. The minimum atomic E-state index is -0.735. The number of rotatable bonds is 5. The molecule has 0 N–H and O–H groups in total. The third kappa shape index (κ3) is 3.66. The van der Waals surface area contributed by atoms with Crippen molar-refractivity contribution in [1.29, 1.82) is 0 Å². The van der Waals surface area contributed by atoms with Gasteiger partial charge >= 0.3 is 0 Å². The van der Waals surface area contributed by atoms with E-state index in [0.717, 1.165) is 16.4 Å². The highest BCUT2D eigenvalue weighted by atomic mass is 35.5. The summed E-state index contributed by atoms with van der Waals surface area (Å²) >= 11 is 18.1. The highest BCUT2D eigenvalue weighted by Gasteiger charge is 2.61. The van der Waals surface area contributed by atoms with Crippen molar-refractivity contribution in [3.05, 3.63) is 80.8 Å². The Morgan fingerprint density at radius 2 is 1.45 bits per heavy atom. The van der Waals surface area contributed by atoms with E-state index in [-0.39, 0.29) is 22.4 Å². The Hall–Kier alpha value is -2.67. The predicted octanol–water partition coefficient (Wildman–Crippen LogP) is 4.69. The Morgan fingerprint density at radius 3 is 2.03 bits per heavy atom. The van der Waals surface area contributed by atoms with E-state index in [9.17, 15) is 19.2 Å². The van der Waals surface area contributed by atoms with Crippen molar-refractivity contribution in [2.75, 3.05) is 6.54 Å². The summed E-state index contributed by atoms with van der Waals surface area (Å²) in [5, 5.41) is 2.59. The molecule has 4 atom stereocenters. The number of allylic oxidation sites excluding steroid dienone is 2. The largest absolute Gasteiger partial charge is 0.292 e. The van der Waals surface area contributed by atoms with Gasteiger partial charge in [-0.25, -0.2) is 5.01 Å². The van der Waals surface area contributed by atoms with E-state index in [4.69, 9.17) is 34.8 Å². The van der Waals surface area contributed by atoms with E-state index in [0.29, 0.717) is 15.6 Å². The molecule has 1 saturated carbocycles. The molecule has 2 bridgehead atoms. The molecule has 33 heavy (non-hydrogen) atoms. The van der Waals surface area contributed by atoms with Crippen LogP contribution in [0.5, 0.6) is 0 Å². The van der Waals surface area contributed by atoms with Gasteiger partial charge in [0.2, 0.25) is 0 Å². The number of nitrogens with zero attached hydrogens (tertiary/aromatic N) is 2. The minimum absolute atomic E-state index is 0.0312. The maximum Gasteiger partial charge on any atom is 0.274 e. The van der Waals surface area contributed by atoms with Crippen LogP contribution < -0.4 is 0 Å². The highest BCUT2D eigenvalue weighted by Crippen LogP contribution is 2.52. The average Bonchev–Trinajstić information content (AvgIpc) is 3.46. The Kier molecular flexibility index (Phi) is 5.55. The van der Waals surface area contributed by atoms with Gasteiger partial charge in [0.05, 0.1) is 22.4 Å². The van der Waals surface area contributed by atoms with Crippen LogP contribution in [0.2, 0.25) is 15.1 Å². The summed E-state index contributed by atoms with van der Waals surface area (Å²) in [4.78, 5) is 53.3. The van der Waals surface area contributed by atoms with E-state index < -0.39 is 41.9 Å². The molecule has 1 heterocycles. The zero-order valence-corrected chi connectivity index (χ0v) is 19.3. The monoisotopic (exact) mass is 502 g/mol. The van der Waals surface area contributed by atoms with Crippen molar-refractivity contribution in [3.8, 4) is 0 Å². The van der Waals surface area contributed by atoms with Gasteiger partial charge in [0, 0.05) is 15.6 Å². The molecule has 2 fully saturated rings. The molecule has 0 spiro atoms. The molecule has 168 valence electrons. The van der Waals surface area contributed by atoms with E-state index in [2.05, 4.69) is 0 Å². The molecule has 3 amide bonds. The maximum absolute atomic E-state index is 13.5. The summed E-state index contributed by atoms with van der Waals surface area (Å²) in [6.45, 7) is -0.515. The summed E-state index contributed by atoms with van der Waals surface area (Å²) in [6.07, 6.45) is 4.67. The SMILES string of the molecule is O=C(CN(C(=O)c1ccc(Cl)cc1Cl)N1C(=O)[C@@H]2[C@H](C1=O)[C@H]1C=C[C@H]2C1)c1ccc(Cl)cc1. The first-order chi connectivity index (χ1) is 15.8. The Bertz CT molecular complexity index is 1200. The van der Waals surface area contributed by atoms with Gasteiger partial charge in [-0.3, -0.25) is 19.2 Å². The number of carbonyl (C=O) groups excluding carboxylic acids is 4. The van der Waals surface area contributed by atoms with Crippen molar-refractivity contribution in [2.45, 2.75) is 6.42 Å². The topological polar surface area (TPSA) is 74.8 Å². The zero-order valence-electron chi connectivity index (χ0n) is 17.1. The fraction of sp³-hybridized carbons (Fsp3) is 0.250. The summed E-state index contributed by atoms with van der Waals surface area (Å²) in [6, 6.07) is 10.4. The van der Waals surface area contributed by atoms with E-state index in [1.807, 2.05) is 12.2 Å². The fourth-order valence-electron chi connectivity index (χ4n) is 5.02. The van der Waals surface area contributed by atoms with Gasteiger partial charge in [0.1, 0.15) is 6.54 Å². The lowest BCUT2D eigenvalue weighted by atomic mass is 9.85. The van der Waals surface area contributed by atoms with Gasteiger partial charge in [-0.05, 0) is 60.7 Å². The van der Waals surface area contributed by atoms with Crippen LogP contribution in [0.3, 0.4) is 0 Å². The molecule has 2 aliphatic carbocycles. The number of fused-ring (bicyclic) bond motifs is 5. The third-order valence-electron chi connectivity index (χ3n) is 6.54. The average molecular weight is 504 g/mol. The van der Waals surface area contributed by atoms with Gasteiger partial charge in [-0.2, -0.15) is 5.01 Å². The van der Waals surface area contributed by atoms with Crippen molar-refractivity contribution in [1.82, 2.24) is 10.0 Å². The summed E-state index contributed by atoms with van der Waals surface area (Å²) in [5.41, 5.74) is 0.323. The van der Waals surface area contributed by atoms with Crippen LogP contribution in [0.15, 0.2) is 54.6 Å². The number of benzene rings is 2. The highest BCUT2D eigenvalue weighted by molar-refractivity contribution is 6.36. The molecule has 0 aromatic heterocycles. The van der Waals surface area contributed by atoms with E-state index in [1.165, 1.54) is 30.3 Å². The number of hydrogen-bond donors (Lipinski definition) is 0. The van der Waals surface area contributed by atoms with Crippen LogP contribution in [0.1, 0.15) is 27.1 Å². The van der Waals surface area contributed by atoms with Crippen LogP contribution in [0.4, 0.5) is 0 Å². The summed E-state index contributed by atoms with van der Waals surface area (Å²) < 4.78 is 0. The number of Topliss-reactive ketones (excluding diaryl/α,β-unsaturated/α-hetero) is 1. The molecule has 1 saturated heterocycles. The number of carbonyl (C=O) groups is 4. The molecule has 9 heteroatoms. The van der Waals surface area contributed by atoms with E-state index in [1.54, 1.807) is 12.1 Å². The second-order valence-electron chi connectivity index (χ2n) is 8.41. The van der Waals surface area contributed by atoms with Crippen molar-refractivity contribution >= 4 is 58.3 Å². The lowest BCUT2D eigenvalue weighted by molar-refractivity contribution is -0.154. The molecule has 2 aromatic carbocycles. The molecule has 0 unspecified atom stereocenters. The first kappa shape index (κ1) is 22.1. The van der Waals surface area contributed by atoms with Gasteiger partial charge in [-0.1, -0.05) is 47.0 Å². The summed E-state index contributed by atoms with van der Waals surface area (Å²) in [7, 11) is 0. The normalized spacial score (nSPS) is 25.0. The van der Waals surface area contributed by atoms with Gasteiger partial charge in [0.15, 0.2) is 5.78 Å². The first-order valence-electron chi connectivity index (χ1n) is 10.4. The molecule has 5 rings (SSSR count). The number of halogens is 3. The van der Waals surface area contributed by atoms with Crippen LogP contribution in [0, 0.1) is 23.7 Å². The van der Waals surface area contributed by atoms with Crippen molar-refractivity contribution in [3.63, 3.8) is 0 Å². The Labute approximate surface area is 204 Å². The number of hydrazine groups is 1. The minimum Gasteiger partial charge on any atom is -0.292 e. The molecular weight excluding hydrogens is 487 g/mol. The van der Waals surface area contributed by atoms with Crippen LogP contribution >= 0.6 is 34.8 Å². The van der Waals surface area contributed by atoms with Crippen molar-refractivity contribution in [2.24, 2.45) is 23.7 Å². The molecule has 3 aliphatic rings. The second kappa shape index (κ2) is 8.28. The standard InChI is InChI=1S/C24H17Cl3N2O4/c25-15-5-3-12(4-6-15)19(30)11-28(22(31)17-8-7-16(26)10-18(17)27)29-23(32)20-13-1-2-14(9-13)21(20)24(29)33/h1-8,10,13-14,20-21H,9,11H2/t13-,14-,20-,21+/m0/s1. The lowest BCUT2D eigenvalue weighted by Gasteiger charge is -2.31. The third-order valence-corrected chi connectivity index (χ3v) is 7.34. The predicted molar refractivity (Wildman–Crippen MR) is 123 cm³/mol. The van der Waals surface area contributed by atoms with Crippen LogP contribution in [-0.4, -0.2) is 40.1 Å². The van der Waals surface area contributed by atoms with Crippen LogP contribution in [0.25, 0.3) is 0 Å². The fourth-order valence-corrected chi connectivity index (χ4v) is 5.64. The van der Waals surface area contributed by atoms with E-state index >= 15 is 0 Å². The van der Waals surface area contributed by atoms with Gasteiger partial charge < -0.3 is 0 Å². The van der Waals surface area contributed by atoms with Crippen molar-refractivity contribution < 1.29 is 19.2 Å². The lowest BCUT2D eigenvalue weighted by Crippen LogP contribution is -2.52. The van der Waals surface area contributed by atoms with Gasteiger partial charge in [0.25, 0.3) is 17.7 Å². The number of imide groups is 1. The van der Waals surface area contributed by atoms with Gasteiger partial charge in [-0.15, -0.1) is 0 Å². The molecule has 1 aliphatic heterocycles. The molecular formula is C24H17Cl3N2O4. The zero-order chi connectivity index (χ0) is 23.4. The number of ketones is 1. The quantitative estimate of drug-likeness (QED) is 0.337. The number of amides is 3.